The maximum atomic E-state index is 8.87. The third-order valence-electron chi connectivity index (χ3n) is 2.46. The van der Waals surface area contributed by atoms with Gasteiger partial charge >= 0.3 is 0 Å². The molecule has 1 aromatic rings. The summed E-state index contributed by atoms with van der Waals surface area (Å²) in [7, 11) is 0. The van der Waals surface area contributed by atoms with E-state index in [-0.39, 0.29) is 18.5 Å². The normalized spacial score (nSPS) is 15.9. The van der Waals surface area contributed by atoms with Crippen molar-refractivity contribution >= 4 is 12.4 Å². The first-order chi connectivity index (χ1) is 7.40. The molecule has 0 spiro atoms. The first-order valence-electron chi connectivity index (χ1n) is 5.12. The van der Waals surface area contributed by atoms with E-state index in [0.29, 0.717) is 11.4 Å². The van der Waals surface area contributed by atoms with E-state index in [9.17, 15) is 0 Å². The Hall–Kier alpha value is -1.31. The summed E-state index contributed by atoms with van der Waals surface area (Å²) in [5.74, 6) is 0.465. The van der Waals surface area contributed by atoms with Gasteiger partial charge in [-0.1, -0.05) is 0 Å². The van der Waals surface area contributed by atoms with Crippen molar-refractivity contribution in [3.63, 3.8) is 0 Å². The Kier molecular flexibility index (Phi) is 5.03. The molecule has 1 N–H and O–H groups in total. The van der Waals surface area contributed by atoms with E-state index >= 15 is 0 Å². The molecule has 1 saturated heterocycles. The van der Waals surface area contributed by atoms with Crippen molar-refractivity contribution in [2.45, 2.75) is 18.9 Å². The van der Waals surface area contributed by atoms with Crippen molar-refractivity contribution in [1.29, 1.82) is 5.26 Å². The highest BCUT2D eigenvalue weighted by atomic mass is 35.5. The monoisotopic (exact) mass is 239 g/mol. The lowest BCUT2D eigenvalue weighted by atomic mass is 10.1. The summed E-state index contributed by atoms with van der Waals surface area (Å²) in [4.78, 5) is 4.08. The zero-order chi connectivity index (χ0) is 10.5. The Morgan fingerprint density at radius 2 is 2.19 bits per heavy atom. The summed E-state index contributed by atoms with van der Waals surface area (Å²) in [5.41, 5.74) is 0.510. The maximum Gasteiger partial charge on any atom is 0.231 e. The molecule has 0 unspecified atom stereocenters. The Morgan fingerprint density at radius 3 is 2.88 bits per heavy atom. The van der Waals surface area contributed by atoms with Gasteiger partial charge in [-0.3, -0.25) is 0 Å². The van der Waals surface area contributed by atoms with Crippen molar-refractivity contribution < 1.29 is 4.74 Å². The zero-order valence-electron chi connectivity index (χ0n) is 8.85. The van der Waals surface area contributed by atoms with E-state index in [2.05, 4.69) is 16.4 Å². The Bertz CT molecular complexity index is 372. The number of piperidine rings is 1. The Labute approximate surface area is 101 Å². The average molecular weight is 240 g/mol. The fraction of sp³-hybridized carbons (Fsp3) is 0.455. The molecule has 2 rings (SSSR count). The van der Waals surface area contributed by atoms with E-state index in [0.717, 1.165) is 25.9 Å². The van der Waals surface area contributed by atoms with Crippen LogP contribution in [0.15, 0.2) is 18.3 Å². The van der Waals surface area contributed by atoms with Gasteiger partial charge in [0.1, 0.15) is 17.7 Å². The zero-order valence-corrected chi connectivity index (χ0v) is 9.67. The molecule has 1 aliphatic heterocycles. The van der Waals surface area contributed by atoms with Gasteiger partial charge in [-0.15, -0.1) is 12.4 Å². The van der Waals surface area contributed by atoms with Gasteiger partial charge in [-0.25, -0.2) is 4.98 Å². The van der Waals surface area contributed by atoms with Crippen LogP contribution >= 0.6 is 12.4 Å². The second kappa shape index (κ2) is 6.31. The fourth-order valence-electron chi connectivity index (χ4n) is 1.64. The molecule has 2 heterocycles. The molecule has 5 heteroatoms. The Morgan fingerprint density at radius 1 is 1.44 bits per heavy atom. The molecule has 0 bridgehead atoms. The summed E-state index contributed by atoms with van der Waals surface area (Å²) < 4.78 is 5.70. The van der Waals surface area contributed by atoms with Gasteiger partial charge in [0.15, 0.2) is 0 Å². The van der Waals surface area contributed by atoms with Crippen LogP contribution in [0.1, 0.15) is 18.4 Å². The second-order valence-electron chi connectivity index (χ2n) is 3.54. The van der Waals surface area contributed by atoms with Gasteiger partial charge in [0, 0.05) is 6.20 Å². The molecule has 1 aliphatic rings. The minimum absolute atomic E-state index is 0. The molecule has 1 aromatic heterocycles. The number of aromatic nitrogens is 1. The maximum absolute atomic E-state index is 8.87. The van der Waals surface area contributed by atoms with E-state index in [1.54, 1.807) is 18.3 Å². The number of nitrogens with zero attached hydrogens (tertiary/aromatic N) is 2. The molecule has 0 amide bonds. The van der Waals surface area contributed by atoms with Crippen molar-refractivity contribution in [3.8, 4) is 11.9 Å². The predicted molar refractivity (Wildman–Crippen MR) is 62.7 cm³/mol. The molecule has 0 atom stereocenters. The Balaban J connectivity index is 0.00000128. The predicted octanol–water partition coefficient (Wildman–Crippen LogP) is 1.51. The van der Waals surface area contributed by atoms with Gasteiger partial charge < -0.3 is 10.1 Å². The highest BCUT2D eigenvalue weighted by molar-refractivity contribution is 5.85. The topological polar surface area (TPSA) is 57.9 Å². The molecule has 1 fully saturated rings. The van der Waals surface area contributed by atoms with Gasteiger partial charge in [0.2, 0.25) is 5.88 Å². The molecule has 86 valence electrons. The smallest absolute Gasteiger partial charge is 0.231 e. The highest BCUT2D eigenvalue weighted by Gasteiger charge is 2.16. The third kappa shape index (κ3) is 3.09. The molecule has 0 saturated carbocycles. The molecule has 16 heavy (non-hydrogen) atoms. The van der Waals surface area contributed by atoms with Crippen LogP contribution < -0.4 is 10.1 Å². The molecule has 0 radical (unpaired) electrons. The molecular weight excluding hydrogens is 226 g/mol. The van der Waals surface area contributed by atoms with Gasteiger partial charge in [-0.05, 0) is 38.1 Å². The lowest BCUT2D eigenvalue weighted by Crippen LogP contribution is -2.34. The number of hydrogen-bond donors (Lipinski definition) is 1. The van der Waals surface area contributed by atoms with Crippen molar-refractivity contribution in [3.05, 3.63) is 23.9 Å². The molecular formula is C11H14ClN3O. The summed E-state index contributed by atoms with van der Waals surface area (Å²) in [6, 6.07) is 5.55. The molecule has 0 aromatic carbocycles. The van der Waals surface area contributed by atoms with E-state index in [4.69, 9.17) is 10.00 Å². The van der Waals surface area contributed by atoms with Gasteiger partial charge in [0.05, 0.1) is 0 Å². The SMILES string of the molecule is Cl.N#Cc1cccnc1OC1CCNCC1. The average Bonchev–Trinajstić information content (AvgIpc) is 2.31. The summed E-state index contributed by atoms with van der Waals surface area (Å²) in [5, 5.41) is 12.1. The first-order valence-corrected chi connectivity index (χ1v) is 5.12. The minimum Gasteiger partial charge on any atom is -0.473 e. The second-order valence-corrected chi connectivity index (χ2v) is 3.54. The van der Waals surface area contributed by atoms with Gasteiger partial charge in [-0.2, -0.15) is 5.26 Å². The number of rotatable bonds is 2. The van der Waals surface area contributed by atoms with Crippen LogP contribution in [0.4, 0.5) is 0 Å². The minimum atomic E-state index is 0. The number of nitriles is 1. The summed E-state index contributed by atoms with van der Waals surface area (Å²) >= 11 is 0. The number of hydrogen-bond acceptors (Lipinski definition) is 4. The summed E-state index contributed by atoms with van der Waals surface area (Å²) in [6.45, 7) is 1.94. The van der Waals surface area contributed by atoms with E-state index in [1.165, 1.54) is 0 Å². The quantitative estimate of drug-likeness (QED) is 0.850. The van der Waals surface area contributed by atoms with Crippen molar-refractivity contribution in [1.82, 2.24) is 10.3 Å². The number of nitrogens with one attached hydrogen (secondary N) is 1. The van der Waals surface area contributed by atoms with Crippen LogP contribution in [-0.4, -0.2) is 24.2 Å². The fourth-order valence-corrected chi connectivity index (χ4v) is 1.64. The number of pyridine rings is 1. The number of ether oxygens (including phenoxy) is 1. The molecule has 0 aliphatic carbocycles. The number of halogens is 1. The first kappa shape index (κ1) is 12.8. The van der Waals surface area contributed by atoms with Crippen LogP contribution in [0.2, 0.25) is 0 Å². The van der Waals surface area contributed by atoms with Gasteiger partial charge in [0.25, 0.3) is 0 Å². The summed E-state index contributed by atoms with van der Waals surface area (Å²) in [6.07, 6.45) is 3.79. The van der Waals surface area contributed by atoms with Crippen LogP contribution in [0, 0.1) is 11.3 Å². The van der Waals surface area contributed by atoms with Crippen LogP contribution in [0.3, 0.4) is 0 Å². The lowest BCUT2D eigenvalue weighted by Gasteiger charge is -2.23. The van der Waals surface area contributed by atoms with Crippen molar-refractivity contribution in [2.75, 3.05) is 13.1 Å². The standard InChI is InChI=1S/C11H13N3O.ClH/c12-8-9-2-1-5-14-11(9)15-10-3-6-13-7-4-10;/h1-2,5,10,13H,3-4,6-7H2;1H. The van der Waals surface area contributed by atoms with Crippen molar-refractivity contribution in [2.24, 2.45) is 0 Å². The largest absolute Gasteiger partial charge is 0.473 e. The highest BCUT2D eigenvalue weighted by Crippen LogP contribution is 2.17. The van der Waals surface area contributed by atoms with Crippen LogP contribution in [0.5, 0.6) is 5.88 Å². The van der Waals surface area contributed by atoms with Crippen LogP contribution in [-0.2, 0) is 0 Å². The third-order valence-corrected chi connectivity index (χ3v) is 2.46. The van der Waals surface area contributed by atoms with E-state index < -0.39 is 0 Å². The van der Waals surface area contributed by atoms with E-state index in [1.807, 2.05) is 0 Å². The lowest BCUT2D eigenvalue weighted by molar-refractivity contribution is 0.155. The molecule has 4 nitrogen and oxygen atoms in total. The van der Waals surface area contributed by atoms with Crippen LogP contribution in [0.25, 0.3) is 0 Å².